The van der Waals surface area contributed by atoms with Gasteiger partial charge in [0.1, 0.15) is 11.7 Å². The highest BCUT2D eigenvalue weighted by atomic mass is 32.2. The highest BCUT2D eigenvalue weighted by Crippen LogP contribution is 2.33. The largest absolute Gasteiger partial charge is 0.444 e. The lowest BCUT2D eigenvalue weighted by atomic mass is 10.1. The fraction of sp³-hybridized carbons (Fsp3) is 0.533. The summed E-state index contributed by atoms with van der Waals surface area (Å²) in [4.78, 5) is 12.0. The molecular weight excluding hydrogens is 290 g/mol. The van der Waals surface area contributed by atoms with Gasteiger partial charge in [-0.15, -0.1) is 0 Å². The number of benzene rings is 1. The number of fused-ring (bicyclic) bond motifs is 1. The fourth-order valence-corrected chi connectivity index (χ4v) is 2.95. The Kier molecular flexibility index (Phi) is 4.68. The minimum Gasteiger partial charge on any atom is -0.444 e. The highest BCUT2D eigenvalue weighted by Gasteiger charge is 2.36. The molecule has 1 N–H and O–H groups in total. The third-order valence-corrected chi connectivity index (χ3v) is 3.63. The van der Waals surface area contributed by atoms with E-state index in [4.69, 9.17) is 8.92 Å². The number of amides is 1. The first-order chi connectivity index (χ1) is 9.76. The summed E-state index contributed by atoms with van der Waals surface area (Å²) in [6.45, 7) is 5.43. The summed E-state index contributed by atoms with van der Waals surface area (Å²) in [6.07, 6.45) is 1.25. The van der Waals surface area contributed by atoms with E-state index >= 15 is 0 Å². The molecule has 0 saturated carbocycles. The summed E-state index contributed by atoms with van der Waals surface area (Å²) < 4.78 is 22.1. The fourth-order valence-electron chi connectivity index (χ4n) is 2.43. The van der Waals surface area contributed by atoms with Crippen LogP contribution in [0.2, 0.25) is 0 Å². The van der Waals surface area contributed by atoms with Gasteiger partial charge >= 0.3 is 6.09 Å². The molecule has 0 saturated heterocycles. The van der Waals surface area contributed by atoms with Gasteiger partial charge in [-0.25, -0.2) is 9.00 Å². The van der Waals surface area contributed by atoms with Crippen LogP contribution in [0.15, 0.2) is 24.3 Å². The Balaban J connectivity index is 2.16. The van der Waals surface area contributed by atoms with Gasteiger partial charge in [-0.1, -0.05) is 24.3 Å². The molecule has 2 rings (SSSR count). The second kappa shape index (κ2) is 6.15. The van der Waals surface area contributed by atoms with Crippen molar-refractivity contribution in [1.29, 1.82) is 0 Å². The van der Waals surface area contributed by atoms with Gasteiger partial charge in [-0.05, 0) is 31.9 Å². The normalized spacial score (nSPS) is 22.5. The van der Waals surface area contributed by atoms with Crippen LogP contribution in [0, 0.1) is 0 Å². The van der Waals surface area contributed by atoms with E-state index in [2.05, 4.69) is 5.32 Å². The van der Waals surface area contributed by atoms with Crippen LogP contribution in [-0.2, 0) is 26.4 Å². The standard InChI is InChI=1S/C15H21NO4S/c1-15(2,3)19-14(17)16-13-11-8-6-5-7-10(11)9-12(13)20-21(4)18/h5-8,12-13H,9H2,1-4H3,(H,16,17)/t12-,13+,21?/m0/s1. The van der Waals surface area contributed by atoms with E-state index in [0.29, 0.717) is 6.42 Å². The minimum atomic E-state index is -1.39. The quantitative estimate of drug-likeness (QED) is 0.931. The van der Waals surface area contributed by atoms with Crippen LogP contribution >= 0.6 is 0 Å². The van der Waals surface area contributed by atoms with Gasteiger partial charge in [0.05, 0.1) is 6.04 Å². The van der Waals surface area contributed by atoms with E-state index in [-0.39, 0.29) is 12.1 Å². The van der Waals surface area contributed by atoms with E-state index in [0.717, 1.165) is 11.1 Å². The van der Waals surface area contributed by atoms with Crippen LogP contribution < -0.4 is 5.32 Å². The first-order valence-corrected chi connectivity index (χ1v) is 8.32. The van der Waals surface area contributed by atoms with Gasteiger partial charge in [-0.3, -0.25) is 4.18 Å². The lowest BCUT2D eigenvalue weighted by Crippen LogP contribution is -2.39. The van der Waals surface area contributed by atoms with Gasteiger partial charge in [-0.2, -0.15) is 0 Å². The third-order valence-electron chi connectivity index (χ3n) is 3.11. The molecule has 1 unspecified atom stereocenters. The van der Waals surface area contributed by atoms with Crippen LogP contribution in [0.1, 0.15) is 37.9 Å². The Labute approximate surface area is 127 Å². The zero-order valence-electron chi connectivity index (χ0n) is 12.7. The summed E-state index contributed by atoms with van der Waals surface area (Å²) in [6, 6.07) is 7.43. The second-order valence-electron chi connectivity index (χ2n) is 6.06. The summed E-state index contributed by atoms with van der Waals surface area (Å²) in [7, 11) is 0. The molecular formula is C15H21NO4S. The molecule has 1 aromatic rings. The topological polar surface area (TPSA) is 64.6 Å². The van der Waals surface area contributed by atoms with Crippen molar-refractivity contribution in [3.05, 3.63) is 35.4 Å². The molecule has 5 nitrogen and oxygen atoms in total. The third kappa shape index (κ3) is 4.28. The number of nitrogens with one attached hydrogen (secondary N) is 1. The number of carbonyl (C=O) groups is 1. The summed E-state index contributed by atoms with van der Waals surface area (Å²) in [5, 5.41) is 2.83. The number of hydrogen-bond donors (Lipinski definition) is 1. The predicted molar refractivity (Wildman–Crippen MR) is 81.2 cm³/mol. The number of rotatable bonds is 3. The molecule has 116 valence electrons. The molecule has 0 spiro atoms. The Morgan fingerprint density at radius 3 is 2.62 bits per heavy atom. The lowest BCUT2D eigenvalue weighted by molar-refractivity contribution is 0.0461. The Morgan fingerprint density at radius 2 is 2.00 bits per heavy atom. The van der Waals surface area contributed by atoms with Gasteiger partial charge in [0.2, 0.25) is 0 Å². The van der Waals surface area contributed by atoms with Crippen molar-refractivity contribution in [3.63, 3.8) is 0 Å². The molecule has 6 heteroatoms. The SMILES string of the molecule is CS(=O)O[C@H]1Cc2ccccc2[C@H]1NC(=O)OC(C)(C)C. The Bertz CT molecular complexity index is 553. The van der Waals surface area contributed by atoms with E-state index in [9.17, 15) is 9.00 Å². The van der Waals surface area contributed by atoms with Crippen molar-refractivity contribution < 1.29 is 17.9 Å². The molecule has 0 bridgehead atoms. The number of ether oxygens (including phenoxy) is 1. The number of alkyl carbamates (subject to hydrolysis) is 1. The molecule has 1 aromatic carbocycles. The van der Waals surface area contributed by atoms with Crippen LogP contribution in [0.25, 0.3) is 0 Å². The molecule has 0 aliphatic heterocycles. The summed E-state index contributed by atoms with van der Waals surface area (Å²) >= 11 is -1.39. The van der Waals surface area contributed by atoms with E-state index < -0.39 is 22.8 Å². The van der Waals surface area contributed by atoms with Gasteiger partial charge in [0, 0.05) is 12.7 Å². The molecule has 1 amide bonds. The van der Waals surface area contributed by atoms with Crippen molar-refractivity contribution in [1.82, 2.24) is 5.32 Å². The Hall–Kier alpha value is -1.40. The number of carbonyl (C=O) groups excluding carboxylic acids is 1. The van der Waals surface area contributed by atoms with Crippen molar-refractivity contribution in [2.75, 3.05) is 6.26 Å². The average Bonchev–Trinajstić information content (AvgIpc) is 2.64. The second-order valence-corrected chi connectivity index (χ2v) is 7.06. The number of hydrogen-bond acceptors (Lipinski definition) is 4. The highest BCUT2D eigenvalue weighted by molar-refractivity contribution is 7.79. The Morgan fingerprint density at radius 1 is 1.33 bits per heavy atom. The van der Waals surface area contributed by atoms with Crippen LogP contribution in [0.4, 0.5) is 4.79 Å². The summed E-state index contributed by atoms with van der Waals surface area (Å²) in [5.41, 5.74) is 1.51. The molecule has 1 aliphatic rings. The predicted octanol–water partition coefficient (Wildman–Crippen LogP) is 2.49. The molecule has 0 heterocycles. The van der Waals surface area contributed by atoms with E-state index in [1.54, 1.807) is 0 Å². The lowest BCUT2D eigenvalue weighted by Gasteiger charge is -2.24. The van der Waals surface area contributed by atoms with Crippen LogP contribution in [0.3, 0.4) is 0 Å². The first-order valence-electron chi connectivity index (χ1n) is 6.84. The molecule has 0 aromatic heterocycles. The average molecular weight is 311 g/mol. The monoisotopic (exact) mass is 311 g/mol. The maximum absolute atomic E-state index is 12.0. The van der Waals surface area contributed by atoms with Crippen molar-refractivity contribution in [2.45, 2.75) is 44.9 Å². The van der Waals surface area contributed by atoms with E-state index in [1.165, 1.54) is 6.26 Å². The van der Waals surface area contributed by atoms with Crippen LogP contribution in [-0.4, -0.2) is 28.3 Å². The smallest absolute Gasteiger partial charge is 0.408 e. The van der Waals surface area contributed by atoms with Crippen molar-refractivity contribution in [2.24, 2.45) is 0 Å². The molecule has 21 heavy (non-hydrogen) atoms. The zero-order chi connectivity index (χ0) is 15.6. The van der Waals surface area contributed by atoms with Crippen LogP contribution in [0.5, 0.6) is 0 Å². The minimum absolute atomic E-state index is 0.347. The molecule has 0 fully saturated rings. The van der Waals surface area contributed by atoms with Crippen molar-refractivity contribution in [3.8, 4) is 0 Å². The van der Waals surface area contributed by atoms with Crippen molar-refractivity contribution >= 4 is 17.2 Å². The van der Waals surface area contributed by atoms with Gasteiger partial charge < -0.3 is 10.1 Å². The maximum atomic E-state index is 12.0. The molecule has 3 atom stereocenters. The van der Waals surface area contributed by atoms with Gasteiger partial charge in [0.25, 0.3) is 0 Å². The first kappa shape index (κ1) is 16.0. The molecule has 1 aliphatic carbocycles. The van der Waals surface area contributed by atoms with Gasteiger partial charge in [0.15, 0.2) is 11.1 Å². The zero-order valence-corrected chi connectivity index (χ0v) is 13.5. The maximum Gasteiger partial charge on any atom is 0.408 e. The molecule has 0 radical (unpaired) electrons. The van der Waals surface area contributed by atoms with E-state index in [1.807, 2.05) is 45.0 Å². The summed E-state index contributed by atoms with van der Waals surface area (Å²) in [5.74, 6) is 0.